The third-order valence-electron chi connectivity index (χ3n) is 16.2. The van der Waals surface area contributed by atoms with Gasteiger partial charge in [0.1, 0.15) is 0 Å². The minimum absolute atomic E-state index is 0.0785. The molecule has 0 saturated heterocycles. The average molecular weight is 915 g/mol. The predicted molar refractivity (Wildman–Crippen MR) is 300 cm³/mol. The van der Waals surface area contributed by atoms with Crippen molar-refractivity contribution in [2.24, 2.45) is 0 Å². The number of hydrogen-bond acceptors (Lipinski definition) is 3. The van der Waals surface area contributed by atoms with E-state index in [0.29, 0.717) is 0 Å². The lowest BCUT2D eigenvalue weighted by Gasteiger charge is -2.45. The van der Waals surface area contributed by atoms with Crippen molar-refractivity contribution in [3.05, 3.63) is 148 Å². The normalized spacial score (nSPS) is 15.4. The summed E-state index contributed by atoms with van der Waals surface area (Å²) in [6.45, 7) is 23.9. The van der Waals surface area contributed by atoms with E-state index in [-0.39, 0.29) is 17.5 Å². The van der Waals surface area contributed by atoms with Crippen molar-refractivity contribution in [3.8, 4) is 11.1 Å². The number of thiophene rings is 1. The average Bonchev–Trinajstić information content (AvgIpc) is 3.70. The topological polar surface area (TPSA) is 6.48 Å². The summed E-state index contributed by atoms with van der Waals surface area (Å²) in [6, 6.07) is 42.4. The summed E-state index contributed by atoms with van der Waals surface area (Å²) in [6.07, 6.45) is 16.4. The van der Waals surface area contributed by atoms with Crippen LogP contribution in [0.25, 0.3) is 21.2 Å². The lowest BCUT2D eigenvalue weighted by molar-refractivity contribution is 0.332. The van der Waals surface area contributed by atoms with E-state index in [9.17, 15) is 0 Å². The molecule has 6 aromatic carbocycles. The van der Waals surface area contributed by atoms with Gasteiger partial charge >= 0.3 is 0 Å². The number of aryl methyl sites for hydroxylation is 6. The standard InChI is InChI=1S/C64H75BN2S/c1-11-15-22-44-27-31-58-51(37-44)61-62(68-58)65-54-30-26-45(23-16-12-2)38-55(54)66(50-35-46(24-17-13-3)34-47(36-50)25-18-14-4)56-39-48(59-42(5)20-19-21-43(59)6)40-57(60(56)65)67(61)49-28-29-52-53(41-49)64(9,10)33-32-63(52,7)8/h19-21,26-31,34-41H,11-18,22-25,32-33H2,1-10H3. The largest absolute Gasteiger partial charge is 0.311 e. The first-order chi connectivity index (χ1) is 32.8. The van der Waals surface area contributed by atoms with Gasteiger partial charge in [-0.15, -0.1) is 11.3 Å². The molecule has 1 aliphatic carbocycles. The molecule has 0 N–H and O–H groups in total. The van der Waals surface area contributed by atoms with E-state index < -0.39 is 0 Å². The van der Waals surface area contributed by atoms with Gasteiger partial charge in [-0.2, -0.15) is 0 Å². The van der Waals surface area contributed by atoms with Crippen LogP contribution in [0.1, 0.15) is 164 Å². The second-order valence-electron chi connectivity index (χ2n) is 22.3. The Morgan fingerprint density at radius 2 is 1.10 bits per heavy atom. The Hall–Kier alpha value is -5.06. The van der Waals surface area contributed by atoms with Crippen LogP contribution in [0.4, 0.5) is 34.1 Å². The van der Waals surface area contributed by atoms with Crippen LogP contribution in [0.2, 0.25) is 0 Å². The summed E-state index contributed by atoms with van der Waals surface area (Å²) in [4.78, 5) is 5.49. The molecule has 68 heavy (non-hydrogen) atoms. The van der Waals surface area contributed by atoms with Crippen molar-refractivity contribution in [1.29, 1.82) is 0 Å². The van der Waals surface area contributed by atoms with Gasteiger partial charge in [-0.3, -0.25) is 0 Å². The monoisotopic (exact) mass is 915 g/mol. The Morgan fingerprint density at radius 1 is 0.529 bits per heavy atom. The van der Waals surface area contributed by atoms with Gasteiger partial charge in [0.25, 0.3) is 6.71 Å². The van der Waals surface area contributed by atoms with E-state index in [0.717, 1.165) is 25.7 Å². The van der Waals surface area contributed by atoms with Crippen LogP contribution in [0.3, 0.4) is 0 Å². The summed E-state index contributed by atoms with van der Waals surface area (Å²) >= 11 is 2.04. The van der Waals surface area contributed by atoms with Crippen molar-refractivity contribution < 1.29 is 0 Å². The van der Waals surface area contributed by atoms with Crippen molar-refractivity contribution >= 4 is 78.0 Å². The highest BCUT2D eigenvalue weighted by Gasteiger charge is 2.46. The summed E-state index contributed by atoms with van der Waals surface area (Å²) in [5, 5.41) is 1.40. The zero-order valence-electron chi connectivity index (χ0n) is 43.1. The van der Waals surface area contributed by atoms with Crippen LogP contribution >= 0.6 is 11.3 Å². The van der Waals surface area contributed by atoms with Crippen molar-refractivity contribution in [2.75, 3.05) is 9.80 Å². The smallest absolute Gasteiger partial charge is 0.264 e. The molecule has 2 nitrogen and oxygen atoms in total. The molecule has 0 spiro atoms. The van der Waals surface area contributed by atoms with Crippen LogP contribution < -0.4 is 25.5 Å². The molecule has 1 aromatic heterocycles. The summed E-state index contributed by atoms with van der Waals surface area (Å²) < 4.78 is 2.86. The number of benzene rings is 6. The maximum Gasteiger partial charge on any atom is 0.264 e. The lowest BCUT2D eigenvalue weighted by atomic mass is 9.36. The molecule has 350 valence electrons. The van der Waals surface area contributed by atoms with Crippen LogP contribution in [0.15, 0.2) is 103 Å². The fourth-order valence-electron chi connectivity index (χ4n) is 12.2. The number of unbranched alkanes of at least 4 members (excludes halogenated alkanes) is 4. The Balaban J connectivity index is 1.34. The van der Waals surface area contributed by atoms with Gasteiger partial charge in [0.2, 0.25) is 0 Å². The number of anilines is 6. The van der Waals surface area contributed by atoms with Gasteiger partial charge in [0.15, 0.2) is 0 Å². The first-order valence-electron chi connectivity index (χ1n) is 26.7. The Labute approximate surface area is 414 Å². The summed E-state index contributed by atoms with van der Waals surface area (Å²) in [7, 11) is 0. The molecular weight excluding hydrogens is 840 g/mol. The van der Waals surface area contributed by atoms with E-state index in [1.807, 2.05) is 11.3 Å². The maximum atomic E-state index is 2.76. The third-order valence-corrected chi connectivity index (χ3v) is 17.5. The maximum absolute atomic E-state index is 2.76. The van der Waals surface area contributed by atoms with Gasteiger partial charge in [-0.1, -0.05) is 130 Å². The van der Waals surface area contributed by atoms with E-state index in [1.54, 1.807) is 0 Å². The SMILES string of the molecule is CCCCc1cc(CCCC)cc(N2c3cc(CCCC)ccc3B3c4sc5ccc(CCCC)cc5c4N(c4ccc5c(c4)C(C)(C)CCC5(C)C)c4cc(-c5c(C)cccc5C)cc2c43)c1. The van der Waals surface area contributed by atoms with Crippen LogP contribution in [0, 0.1) is 13.8 Å². The Bertz CT molecular complexity index is 2970. The molecule has 0 amide bonds. The van der Waals surface area contributed by atoms with E-state index in [2.05, 4.69) is 182 Å². The van der Waals surface area contributed by atoms with Gasteiger partial charge in [-0.05, 0) is 210 Å². The number of nitrogens with zero attached hydrogens (tertiary/aromatic N) is 2. The fraction of sp³-hybridized carbons (Fsp3) is 0.406. The molecule has 0 saturated carbocycles. The minimum atomic E-state index is 0.0785. The molecule has 7 aromatic rings. The molecular formula is C64H75BN2S. The molecule has 0 fully saturated rings. The highest BCUT2D eigenvalue weighted by atomic mass is 32.1. The second-order valence-corrected chi connectivity index (χ2v) is 23.3. The molecule has 10 rings (SSSR count). The van der Waals surface area contributed by atoms with Gasteiger partial charge in [0.05, 0.1) is 5.69 Å². The Morgan fingerprint density at radius 3 is 1.74 bits per heavy atom. The minimum Gasteiger partial charge on any atom is -0.311 e. The number of rotatable bonds is 15. The van der Waals surface area contributed by atoms with E-state index in [1.165, 1.54) is 180 Å². The molecule has 0 atom stereocenters. The van der Waals surface area contributed by atoms with Crippen LogP contribution in [0.5, 0.6) is 0 Å². The molecule has 0 unspecified atom stereocenters. The molecule has 4 heteroatoms. The van der Waals surface area contributed by atoms with Gasteiger partial charge in [0, 0.05) is 43.3 Å². The van der Waals surface area contributed by atoms with E-state index in [4.69, 9.17) is 0 Å². The summed E-state index contributed by atoms with van der Waals surface area (Å²) in [5.41, 5.74) is 25.2. The van der Waals surface area contributed by atoms with Crippen molar-refractivity contribution in [3.63, 3.8) is 0 Å². The first-order valence-corrected chi connectivity index (χ1v) is 27.5. The van der Waals surface area contributed by atoms with Gasteiger partial charge < -0.3 is 9.80 Å². The second kappa shape index (κ2) is 18.7. The fourth-order valence-corrected chi connectivity index (χ4v) is 13.5. The molecule has 0 bridgehead atoms. The zero-order valence-corrected chi connectivity index (χ0v) is 43.9. The Kier molecular flexibility index (Phi) is 12.8. The van der Waals surface area contributed by atoms with Crippen LogP contribution in [-0.2, 0) is 36.5 Å². The third kappa shape index (κ3) is 8.25. The zero-order chi connectivity index (χ0) is 47.5. The molecule has 0 radical (unpaired) electrons. The van der Waals surface area contributed by atoms with Crippen molar-refractivity contribution in [1.82, 2.24) is 0 Å². The quantitative estimate of drug-likeness (QED) is 0.0946. The molecule has 3 heterocycles. The highest BCUT2D eigenvalue weighted by molar-refractivity contribution is 7.33. The molecule has 2 aliphatic heterocycles. The first kappa shape index (κ1) is 46.7. The van der Waals surface area contributed by atoms with Crippen LogP contribution in [-0.4, -0.2) is 6.71 Å². The number of hydrogen-bond donors (Lipinski definition) is 0. The van der Waals surface area contributed by atoms with Gasteiger partial charge in [-0.25, -0.2) is 0 Å². The highest BCUT2D eigenvalue weighted by Crippen LogP contribution is 2.53. The molecule has 3 aliphatic rings. The van der Waals surface area contributed by atoms with E-state index >= 15 is 0 Å². The summed E-state index contributed by atoms with van der Waals surface area (Å²) in [5.74, 6) is 0. The lowest BCUT2D eigenvalue weighted by Crippen LogP contribution is -2.60. The van der Waals surface area contributed by atoms with Crippen molar-refractivity contribution in [2.45, 2.75) is 170 Å². The predicted octanol–water partition coefficient (Wildman–Crippen LogP) is 17.0. The number of fused-ring (bicyclic) bond motifs is 7.